The molecule has 1 aromatic heterocycles. The van der Waals surface area contributed by atoms with Crippen LogP contribution in [0.3, 0.4) is 0 Å². The summed E-state index contributed by atoms with van der Waals surface area (Å²) in [7, 11) is 0. The van der Waals surface area contributed by atoms with Crippen LogP contribution in [-0.2, 0) is 17.8 Å². The number of halogens is 1. The van der Waals surface area contributed by atoms with Gasteiger partial charge in [-0.2, -0.15) is 0 Å². The molecule has 0 spiro atoms. The average Bonchev–Trinajstić information content (AvgIpc) is 2.89. The summed E-state index contributed by atoms with van der Waals surface area (Å²) in [5.41, 5.74) is 2.01. The molecule has 0 aliphatic rings. The molecule has 2 N–H and O–H groups in total. The zero-order valence-corrected chi connectivity index (χ0v) is 14.2. The van der Waals surface area contributed by atoms with Crippen molar-refractivity contribution in [2.24, 2.45) is 0 Å². The van der Waals surface area contributed by atoms with E-state index in [2.05, 4.69) is 33.4 Å². The quantitative estimate of drug-likeness (QED) is 0.726. The fourth-order valence-electron chi connectivity index (χ4n) is 2.00. The van der Waals surface area contributed by atoms with Crippen molar-refractivity contribution in [1.29, 1.82) is 0 Å². The predicted octanol–water partition coefficient (Wildman–Crippen LogP) is 4.03. The lowest BCUT2D eigenvalue weighted by Gasteiger charge is -2.08. The maximum Gasteiger partial charge on any atom is 0.310 e. The maximum absolute atomic E-state index is 10.9. The summed E-state index contributed by atoms with van der Waals surface area (Å²) in [5.74, 6) is -1.24. The summed E-state index contributed by atoms with van der Waals surface area (Å²) < 4.78 is 1.17. The lowest BCUT2D eigenvalue weighted by molar-refractivity contribution is -0.138. The van der Waals surface area contributed by atoms with Crippen molar-refractivity contribution < 1.29 is 9.90 Å². The van der Waals surface area contributed by atoms with Crippen molar-refractivity contribution in [1.82, 2.24) is 5.32 Å². The van der Waals surface area contributed by atoms with Crippen molar-refractivity contribution in [2.45, 2.75) is 25.8 Å². The predicted molar refractivity (Wildman–Crippen MR) is 89.9 cm³/mol. The van der Waals surface area contributed by atoms with Gasteiger partial charge in [-0.15, -0.1) is 11.3 Å². The Morgan fingerprint density at radius 2 is 2.00 bits per heavy atom. The first-order valence-corrected chi connectivity index (χ1v) is 8.44. The van der Waals surface area contributed by atoms with Gasteiger partial charge in [0.1, 0.15) is 0 Å². The smallest absolute Gasteiger partial charge is 0.310 e. The topological polar surface area (TPSA) is 49.3 Å². The van der Waals surface area contributed by atoms with Crippen LogP contribution >= 0.6 is 27.3 Å². The lowest BCUT2D eigenvalue weighted by Crippen LogP contribution is -2.16. The Hall–Kier alpha value is -1.17. The Balaban J connectivity index is 1.77. The minimum atomic E-state index is -0.789. The highest BCUT2D eigenvalue weighted by atomic mass is 79.9. The number of carboxylic acid groups (broad SMARTS) is 1. The van der Waals surface area contributed by atoms with Crippen LogP contribution in [0.2, 0.25) is 0 Å². The largest absolute Gasteiger partial charge is 0.481 e. The van der Waals surface area contributed by atoms with Crippen molar-refractivity contribution in [3.63, 3.8) is 0 Å². The molecule has 5 heteroatoms. The number of carbonyl (C=O) groups is 1. The molecule has 2 rings (SSSR count). The van der Waals surface area contributed by atoms with Crippen molar-refractivity contribution in [3.05, 3.63) is 56.2 Å². The zero-order valence-electron chi connectivity index (χ0n) is 11.8. The number of rotatable bonds is 7. The third kappa shape index (κ3) is 4.95. The van der Waals surface area contributed by atoms with Gasteiger partial charge >= 0.3 is 5.97 Å². The van der Waals surface area contributed by atoms with E-state index in [0.29, 0.717) is 0 Å². The van der Waals surface area contributed by atoms with Gasteiger partial charge in [0, 0.05) is 18.0 Å². The van der Waals surface area contributed by atoms with E-state index in [1.165, 1.54) is 14.2 Å². The van der Waals surface area contributed by atoms with E-state index in [4.69, 9.17) is 5.11 Å². The van der Waals surface area contributed by atoms with E-state index in [-0.39, 0.29) is 0 Å². The number of nitrogens with one attached hydrogen (secondary N) is 1. The van der Waals surface area contributed by atoms with Gasteiger partial charge in [0.05, 0.1) is 9.70 Å². The summed E-state index contributed by atoms with van der Waals surface area (Å²) in [6.07, 6.45) is 1.02. The van der Waals surface area contributed by atoms with E-state index in [1.807, 2.05) is 24.3 Å². The molecular formula is C16H18BrNO2S. The molecule has 112 valence electrons. The summed E-state index contributed by atoms with van der Waals surface area (Å²) in [5, 5.41) is 12.4. The van der Waals surface area contributed by atoms with Crippen molar-refractivity contribution in [2.75, 3.05) is 6.54 Å². The fraction of sp³-hybridized carbons (Fsp3) is 0.312. The van der Waals surface area contributed by atoms with Crippen molar-refractivity contribution in [3.8, 4) is 0 Å². The summed E-state index contributed by atoms with van der Waals surface area (Å²) >= 11 is 5.23. The van der Waals surface area contributed by atoms with E-state index in [1.54, 1.807) is 18.3 Å². The molecule has 1 unspecified atom stereocenters. The molecule has 0 amide bonds. The van der Waals surface area contributed by atoms with Gasteiger partial charge in [-0.1, -0.05) is 24.3 Å². The number of aliphatic carboxylic acids is 1. The summed E-state index contributed by atoms with van der Waals surface area (Å²) in [4.78, 5) is 12.3. The van der Waals surface area contributed by atoms with Gasteiger partial charge in [-0.05, 0) is 52.5 Å². The summed E-state index contributed by atoms with van der Waals surface area (Å²) in [6, 6.07) is 12.0. The minimum Gasteiger partial charge on any atom is -0.481 e. The van der Waals surface area contributed by atoms with Gasteiger partial charge in [0.25, 0.3) is 0 Å². The second-order valence-corrected chi connectivity index (χ2v) is 7.48. The highest BCUT2D eigenvalue weighted by molar-refractivity contribution is 9.11. The molecule has 0 saturated carbocycles. The van der Waals surface area contributed by atoms with Gasteiger partial charge in [-0.25, -0.2) is 0 Å². The number of hydrogen-bond donors (Lipinski definition) is 2. The van der Waals surface area contributed by atoms with Crippen LogP contribution in [0.25, 0.3) is 0 Å². The zero-order chi connectivity index (χ0) is 15.2. The molecule has 1 atom stereocenters. The minimum absolute atomic E-state index is 0.454. The molecule has 0 fully saturated rings. The number of hydrogen-bond acceptors (Lipinski definition) is 3. The van der Waals surface area contributed by atoms with E-state index < -0.39 is 11.9 Å². The maximum atomic E-state index is 10.9. The number of carboxylic acids is 1. The average molecular weight is 368 g/mol. The van der Waals surface area contributed by atoms with Crippen LogP contribution in [0.5, 0.6) is 0 Å². The second kappa shape index (κ2) is 7.73. The fourth-order valence-corrected chi connectivity index (χ4v) is 3.48. The molecule has 1 aromatic carbocycles. The van der Waals surface area contributed by atoms with Gasteiger partial charge in [0.2, 0.25) is 0 Å². The van der Waals surface area contributed by atoms with Gasteiger partial charge in [-0.3, -0.25) is 4.79 Å². The molecule has 0 radical (unpaired) electrons. The molecule has 1 heterocycles. The SMILES string of the molecule is CC(C(=O)O)c1ccc(CNCCc2ccc(Br)s2)cc1. The van der Waals surface area contributed by atoms with Gasteiger partial charge < -0.3 is 10.4 Å². The Morgan fingerprint density at radius 1 is 1.29 bits per heavy atom. The third-order valence-electron chi connectivity index (χ3n) is 3.36. The Morgan fingerprint density at radius 3 is 2.57 bits per heavy atom. The highest BCUT2D eigenvalue weighted by Crippen LogP contribution is 2.22. The molecule has 3 nitrogen and oxygen atoms in total. The number of thiophene rings is 1. The van der Waals surface area contributed by atoms with E-state index in [0.717, 1.165) is 25.1 Å². The number of benzene rings is 1. The Labute approximate surface area is 137 Å². The monoisotopic (exact) mass is 367 g/mol. The van der Waals surface area contributed by atoms with E-state index >= 15 is 0 Å². The van der Waals surface area contributed by atoms with Crippen LogP contribution in [-0.4, -0.2) is 17.6 Å². The van der Waals surface area contributed by atoms with Crippen LogP contribution < -0.4 is 5.32 Å². The molecule has 21 heavy (non-hydrogen) atoms. The van der Waals surface area contributed by atoms with Gasteiger partial charge in [0.15, 0.2) is 0 Å². The molecule has 0 aliphatic heterocycles. The molecule has 0 aliphatic carbocycles. The molecule has 0 saturated heterocycles. The first kappa shape index (κ1) is 16.2. The lowest BCUT2D eigenvalue weighted by atomic mass is 10.0. The Kier molecular flexibility index (Phi) is 5.96. The molecule has 0 bridgehead atoms. The van der Waals surface area contributed by atoms with Crippen LogP contribution in [0, 0.1) is 0 Å². The Bertz CT molecular complexity index is 595. The highest BCUT2D eigenvalue weighted by Gasteiger charge is 2.12. The first-order valence-electron chi connectivity index (χ1n) is 6.83. The normalized spacial score (nSPS) is 12.3. The van der Waals surface area contributed by atoms with Crippen LogP contribution in [0.15, 0.2) is 40.2 Å². The first-order chi connectivity index (χ1) is 10.1. The third-order valence-corrected chi connectivity index (χ3v) is 5.04. The summed E-state index contributed by atoms with van der Waals surface area (Å²) in [6.45, 7) is 3.43. The second-order valence-electron chi connectivity index (χ2n) is 4.93. The molecular weight excluding hydrogens is 350 g/mol. The van der Waals surface area contributed by atoms with Crippen molar-refractivity contribution >= 4 is 33.2 Å². The molecule has 2 aromatic rings. The standard InChI is InChI=1S/C16H18BrNO2S/c1-11(16(19)20)13-4-2-12(3-5-13)10-18-9-8-14-6-7-15(17)21-14/h2-7,11,18H,8-10H2,1H3,(H,19,20). The van der Waals surface area contributed by atoms with E-state index in [9.17, 15) is 4.79 Å². The van der Waals surface area contributed by atoms with Crippen LogP contribution in [0.1, 0.15) is 28.8 Å². The van der Waals surface area contributed by atoms with Crippen LogP contribution in [0.4, 0.5) is 0 Å².